The first-order valence-electron chi connectivity index (χ1n) is 10.2. The van der Waals surface area contributed by atoms with Crippen molar-refractivity contribution in [2.75, 3.05) is 20.3 Å². The van der Waals surface area contributed by atoms with Gasteiger partial charge < -0.3 is 13.8 Å². The van der Waals surface area contributed by atoms with Crippen LogP contribution in [-0.4, -0.2) is 39.5 Å². The molecule has 0 saturated carbocycles. The summed E-state index contributed by atoms with van der Waals surface area (Å²) in [6, 6.07) is 20.3. The average Bonchev–Trinajstić information content (AvgIpc) is 2.81. The molecule has 3 aromatic rings. The maximum Gasteiger partial charge on any atom is 0.339 e. The molecule has 0 fully saturated rings. The summed E-state index contributed by atoms with van der Waals surface area (Å²) in [4.78, 5) is 14.2. The first-order chi connectivity index (χ1) is 15.9. The van der Waals surface area contributed by atoms with Gasteiger partial charge in [0, 0.05) is 26.3 Å². The standard InChI is InChI=1S/C25H24FNO5S/c1-31-17-16-27(25(28)15-10-20-6-3-2-4-7-20)19-21-8-5-9-23(18-21)32-33(29,30)24-13-11-22(26)12-14-24/h2-15,18H,16-17,19H2,1H3. The predicted molar refractivity (Wildman–Crippen MR) is 123 cm³/mol. The van der Waals surface area contributed by atoms with Crippen molar-refractivity contribution in [3.8, 4) is 5.75 Å². The average molecular weight is 470 g/mol. The summed E-state index contributed by atoms with van der Waals surface area (Å²) < 4.78 is 48.4. The van der Waals surface area contributed by atoms with Crippen LogP contribution in [0.5, 0.6) is 5.75 Å². The monoisotopic (exact) mass is 469 g/mol. The van der Waals surface area contributed by atoms with Crippen LogP contribution in [0.2, 0.25) is 0 Å². The maximum atomic E-state index is 13.1. The molecule has 0 aliphatic carbocycles. The highest BCUT2D eigenvalue weighted by atomic mass is 32.2. The van der Waals surface area contributed by atoms with Gasteiger partial charge >= 0.3 is 10.1 Å². The van der Waals surface area contributed by atoms with E-state index in [9.17, 15) is 17.6 Å². The molecule has 1 amide bonds. The third-order valence-corrected chi connectivity index (χ3v) is 5.94. The lowest BCUT2D eigenvalue weighted by molar-refractivity contribution is -0.127. The Balaban J connectivity index is 1.74. The summed E-state index contributed by atoms with van der Waals surface area (Å²) >= 11 is 0. The predicted octanol–water partition coefficient (Wildman–Crippen LogP) is 4.28. The Morgan fingerprint density at radius 2 is 1.73 bits per heavy atom. The quantitative estimate of drug-likeness (QED) is 0.327. The Morgan fingerprint density at radius 1 is 1.00 bits per heavy atom. The number of hydrogen-bond acceptors (Lipinski definition) is 5. The highest BCUT2D eigenvalue weighted by Gasteiger charge is 2.18. The number of rotatable bonds is 10. The molecule has 0 aromatic heterocycles. The Bertz CT molecular complexity index is 1190. The highest BCUT2D eigenvalue weighted by molar-refractivity contribution is 7.87. The number of carbonyl (C=O) groups excluding carboxylic acids is 1. The Kier molecular flexibility index (Phi) is 8.34. The van der Waals surface area contributed by atoms with Crippen LogP contribution in [-0.2, 0) is 26.2 Å². The zero-order valence-corrected chi connectivity index (χ0v) is 18.9. The van der Waals surface area contributed by atoms with Crippen molar-refractivity contribution < 1.29 is 26.5 Å². The summed E-state index contributed by atoms with van der Waals surface area (Å²) in [5.74, 6) is -0.657. The van der Waals surface area contributed by atoms with E-state index in [0.29, 0.717) is 18.7 Å². The Morgan fingerprint density at radius 3 is 2.42 bits per heavy atom. The lowest BCUT2D eigenvalue weighted by Crippen LogP contribution is -2.32. The number of hydrogen-bond donors (Lipinski definition) is 0. The van der Waals surface area contributed by atoms with Gasteiger partial charge in [0.15, 0.2) is 0 Å². The fraction of sp³-hybridized carbons (Fsp3) is 0.160. The molecule has 33 heavy (non-hydrogen) atoms. The van der Waals surface area contributed by atoms with Gasteiger partial charge in [-0.05, 0) is 53.6 Å². The fourth-order valence-electron chi connectivity index (χ4n) is 3.00. The number of nitrogens with zero attached hydrogens (tertiary/aromatic N) is 1. The second-order valence-corrected chi connectivity index (χ2v) is 8.68. The molecule has 3 aromatic carbocycles. The smallest absolute Gasteiger partial charge is 0.339 e. The number of amides is 1. The minimum absolute atomic E-state index is 0.0933. The molecule has 0 heterocycles. The molecule has 0 saturated heterocycles. The second-order valence-electron chi connectivity index (χ2n) is 7.14. The van der Waals surface area contributed by atoms with E-state index in [1.165, 1.54) is 12.1 Å². The van der Waals surface area contributed by atoms with Gasteiger partial charge in [-0.25, -0.2) is 4.39 Å². The largest absolute Gasteiger partial charge is 0.383 e. The van der Waals surface area contributed by atoms with Crippen LogP contribution in [0.25, 0.3) is 6.08 Å². The van der Waals surface area contributed by atoms with Crippen LogP contribution >= 0.6 is 0 Å². The summed E-state index contributed by atoms with van der Waals surface area (Å²) in [5.41, 5.74) is 1.58. The van der Waals surface area contributed by atoms with Crippen molar-refractivity contribution in [3.63, 3.8) is 0 Å². The number of halogens is 1. The first kappa shape index (κ1) is 24.2. The van der Waals surface area contributed by atoms with Crippen molar-refractivity contribution in [2.45, 2.75) is 11.4 Å². The van der Waals surface area contributed by atoms with Crippen molar-refractivity contribution >= 4 is 22.1 Å². The van der Waals surface area contributed by atoms with Crippen LogP contribution in [0.3, 0.4) is 0 Å². The number of benzene rings is 3. The van der Waals surface area contributed by atoms with E-state index in [4.69, 9.17) is 8.92 Å². The fourth-order valence-corrected chi connectivity index (χ4v) is 3.92. The van der Waals surface area contributed by atoms with Crippen LogP contribution in [0, 0.1) is 5.82 Å². The molecule has 0 N–H and O–H groups in total. The molecular weight excluding hydrogens is 445 g/mol. The van der Waals surface area contributed by atoms with Crippen molar-refractivity contribution in [3.05, 3.63) is 102 Å². The molecule has 0 spiro atoms. The minimum atomic E-state index is -4.12. The topological polar surface area (TPSA) is 72.9 Å². The zero-order chi connectivity index (χ0) is 23.7. The van der Waals surface area contributed by atoms with E-state index in [0.717, 1.165) is 29.8 Å². The molecule has 6 nitrogen and oxygen atoms in total. The molecule has 0 unspecified atom stereocenters. The summed E-state index contributed by atoms with van der Waals surface area (Å²) in [7, 11) is -2.57. The van der Waals surface area contributed by atoms with E-state index < -0.39 is 15.9 Å². The van der Waals surface area contributed by atoms with E-state index in [-0.39, 0.29) is 23.1 Å². The van der Waals surface area contributed by atoms with Crippen LogP contribution in [0.15, 0.2) is 89.8 Å². The maximum absolute atomic E-state index is 13.1. The molecule has 0 aliphatic heterocycles. The normalized spacial score (nSPS) is 11.5. The first-order valence-corrected chi connectivity index (χ1v) is 11.6. The Hall–Kier alpha value is -3.49. The Labute approximate surface area is 193 Å². The molecule has 172 valence electrons. The van der Waals surface area contributed by atoms with Crippen LogP contribution < -0.4 is 4.18 Å². The number of methoxy groups -OCH3 is 1. The molecule has 8 heteroatoms. The number of ether oxygens (including phenoxy) is 1. The molecule has 3 rings (SSSR count). The molecule has 0 bridgehead atoms. The van der Waals surface area contributed by atoms with E-state index in [2.05, 4.69) is 0 Å². The van der Waals surface area contributed by atoms with Gasteiger partial charge in [0.05, 0.1) is 6.61 Å². The molecule has 0 atom stereocenters. The zero-order valence-electron chi connectivity index (χ0n) is 18.1. The SMILES string of the molecule is COCCN(Cc1cccc(OS(=O)(=O)c2ccc(F)cc2)c1)C(=O)C=Cc1ccccc1. The lowest BCUT2D eigenvalue weighted by Gasteiger charge is -2.21. The van der Waals surface area contributed by atoms with Gasteiger partial charge in [0.2, 0.25) is 5.91 Å². The summed E-state index contributed by atoms with van der Waals surface area (Å²) in [5, 5.41) is 0. The van der Waals surface area contributed by atoms with Crippen molar-refractivity contribution in [1.82, 2.24) is 4.90 Å². The molecule has 0 radical (unpaired) electrons. The highest BCUT2D eigenvalue weighted by Crippen LogP contribution is 2.21. The summed E-state index contributed by atoms with van der Waals surface area (Å²) in [6.45, 7) is 0.933. The molecular formula is C25H24FNO5S. The van der Waals surface area contributed by atoms with Crippen molar-refractivity contribution in [2.24, 2.45) is 0 Å². The minimum Gasteiger partial charge on any atom is -0.383 e. The van der Waals surface area contributed by atoms with Gasteiger partial charge in [-0.15, -0.1) is 0 Å². The van der Waals surface area contributed by atoms with Gasteiger partial charge in [-0.1, -0.05) is 42.5 Å². The van der Waals surface area contributed by atoms with Gasteiger partial charge in [-0.2, -0.15) is 8.42 Å². The molecule has 0 aliphatic rings. The summed E-state index contributed by atoms with van der Waals surface area (Å²) in [6.07, 6.45) is 3.22. The van der Waals surface area contributed by atoms with E-state index in [1.807, 2.05) is 30.3 Å². The van der Waals surface area contributed by atoms with Crippen LogP contribution in [0.4, 0.5) is 4.39 Å². The van der Waals surface area contributed by atoms with Gasteiger partial charge in [0.25, 0.3) is 0 Å². The van der Waals surface area contributed by atoms with Gasteiger partial charge in [-0.3, -0.25) is 4.79 Å². The lowest BCUT2D eigenvalue weighted by atomic mass is 10.2. The third kappa shape index (κ3) is 7.27. The van der Waals surface area contributed by atoms with Crippen molar-refractivity contribution in [1.29, 1.82) is 0 Å². The third-order valence-electron chi connectivity index (χ3n) is 4.68. The second kappa shape index (κ2) is 11.4. The van der Waals surface area contributed by atoms with Gasteiger partial charge in [0.1, 0.15) is 16.5 Å². The van der Waals surface area contributed by atoms with E-state index >= 15 is 0 Å². The van der Waals surface area contributed by atoms with Crippen LogP contribution in [0.1, 0.15) is 11.1 Å². The van der Waals surface area contributed by atoms with E-state index in [1.54, 1.807) is 36.3 Å². The number of carbonyl (C=O) groups is 1.